The first-order valence-corrected chi connectivity index (χ1v) is 11.7. The number of primary amides is 1. The van der Waals surface area contributed by atoms with Crippen LogP contribution in [0.1, 0.15) is 20.8 Å². The predicted molar refractivity (Wildman–Crippen MR) is 129 cm³/mol. The van der Waals surface area contributed by atoms with Crippen molar-refractivity contribution < 1.29 is 18.0 Å². The second-order valence-corrected chi connectivity index (χ2v) is 8.95. The summed E-state index contributed by atoms with van der Waals surface area (Å²) in [6.07, 6.45) is 1.50. The zero-order valence-electron chi connectivity index (χ0n) is 17.8. The Bertz CT molecular complexity index is 1500. The monoisotopic (exact) mass is 472 g/mol. The number of nitrogens with one attached hydrogen (secondary N) is 1. The van der Waals surface area contributed by atoms with Gasteiger partial charge in [-0.3, -0.25) is 14.6 Å². The average Bonchev–Trinajstić information content (AvgIpc) is 2.84. The number of primary sulfonamides is 1. The molecule has 2 amide bonds. The molecule has 0 saturated heterocycles. The van der Waals surface area contributed by atoms with Crippen LogP contribution in [0.15, 0.2) is 96.0 Å². The van der Waals surface area contributed by atoms with E-state index < -0.39 is 21.8 Å². The van der Waals surface area contributed by atoms with Gasteiger partial charge in [0.05, 0.1) is 4.90 Å². The number of nitrogens with two attached hydrogens (primary N) is 2. The summed E-state index contributed by atoms with van der Waals surface area (Å²) < 4.78 is 23.8. The summed E-state index contributed by atoms with van der Waals surface area (Å²) in [6, 6.07) is 23.2. The lowest BCUT2D eigenvalue weighted by molar-refractivity contribution is 0.0997. The lowest BCUT2D eigenvalue weighted by Crippen LogP contribution is -2.15. The molecule has 8 nitrogen and oxygen atoms in total. The first-order chi connectivity index (χ1) is 16.2. The van der Waals surface area contributed by atoms with Crippen LogP contribution in [0, 0.1) is 0 Å². The van der Waals surface area contributed by atoms with Gasteiger partial charge in [-0.15, -0.1) is 0 Å². The van der Waals surface area contributed by atoms with E-state index in [0.717, 1.165) is 0 Å². The molecule has 0 aliphatic carbocycles. The Hall–Kier alpha value is -4.34. The average molecular weight is 473 g/mol. The standard InChI is InChI=1S/C25H20N4O4S/c26-24(30)18-6-3-5-17(15-18)21-8-4-14-28-23(21)25(31)29-19-12-10-16(11-13-19)20-7-1-2-9-22(20)34(27,32)33/h1-15H,(H2,26,30)(H,29,31)(H2,27,32,33). The molecule has 5 N–H and O–H groups in total. The van der Waals surface area contributed by atoms with Crippen molar-refractivity contribution in [1.82, 2.24) is 4.98 Å². The molecule has 1 aromatic heterocycles. The highest BCUT2D eigenvalue weighted by molar-refractivity contribution is 7.89. The van der Waals surface area contributed by atoms with Crippen molar-refractivity contribution >= 4 is 27.5 Å². The topological polar surface area (TPSA) is 145 Å². The van der Waals surface area contributed by atoms with Gasteiger partial charge in [-0.2, -0.15) is 0 Å². The predicted octanol–water partition coefficient (Wildman–Crippen LogP) is 3.41. The van der Waals surface area contributed by atoms with Gasteiger partial charge in [0.2, 0.25) is 15.9 Å². The van der Waals surface area contributed by atoms with Gasteiger partial charge in [0.15, 0.2) is 0 Å². The minimum atomic E-state index is -3.89. The third-order valence-corrected chi connectivity index (χ3v) is 6.10. The number of hydrogen-bond donors (Lipinski definition) is 3. The molecule has 0 saturated carbocycles. The molecule has 0 fully saturated rings. The lowest BCUT2D eigenvalue weighted by atomic mass is 10.0. The fourth-order valence-electron chi connectivity index (χ4n) is 3.54. The minimum absolute atomic E-state index is 0.0168. The number of benzene rings is 3. The third-order valence-electron chi connectivity index (χ3n) is 5.13. The van der Waals surface area contributed by atoms with Crippen LogP contribution in [-0.4, -0.2) is 25.2 Å². The molecule has 4 rings (SSSR count). The molecule has 0 aliphatic rings. The van der Waals surface area contributed by atoms with E-state index in [9.17, 15) is 18.0 Å². The van der Waals surface area contributed by atoms with Gasteiger partial charge in [0.25, 0.3) is 5.91 Å². The highest BCUT2D eigenvalue weighted by atomic mass is 32.2. The molecule has 0 radical (unpaired) electrons. The number of carbonyl (C=O) groups excluding carboxylic acids is 2. The van der Waals surface area contributed by atoms with Crippen molar-refractivity contribution in [2.45, 2.75) is 4.90 Å². The van der Waals surface area contributed by atoms with Crippen LogP contribution in [0.3, 0.4) is 0 Å². The summed E-state index contributed by atoms with van der Waals surface area (Å²) >= 11 is 0. The molecule has 3 aromatic carbocycles. The van der Waals surface area contributed by atoms with Gasteiger partial charge < -0.3 is 11.1 Å². The Morgan fingerprint density at radius 1 is 0.794 bits per heavy atom. The molecule has 0 unspecified atom stereocenters. The number of amides is 2. The maximum Gasteiger partial charge on any atom is 0.274 e. The van der Waals surface area contributed by atoms with Crippen LogP contribution in [-0.2, 0) is 10.0 Å². The van der Waals surface area contributed by atoms with Gasteiger partial charge in [-0.1, -0.05) is 48.5 Å². The Kier molecular flexibility index (Phi) is 6.22. The van der Waals surface area contributed by atoms with Crippen LogP contribution >= 0.6 is 0 Å². The molecular weight excluding hydrogens is 452 g/mol. The van der Waals surface area contributed by atoms with Crippen LogP contribution in [0.4, 0.5) is 5.69 Å². The number of sulfonamides is 1. The number of pyridine rings is 1. The Morgan fingerprint density at radius 2 is 1.50 bits per heavy atom. The Labute approximate surface area is 196 Å². The van der Waals surface area contributed by atoms with E-state index in [4.69, 9.17) is 10.9 Å². The third kappa shape index (κ3) is 4.85. The highest BCUT2D eigenvalue weighted by Gasteiger charge is 2.17. The summed E-state index contributed by atoms with van der Waals surface area (Å²) in [6.45, 7) is 0. The van der Waals surface area contributed by atoms with Crippen LogP contribution in [0.25, 0.3) is 22.3 Å². The summed E-state index contributed by atoms with van der Waals surface area (Å²) in [5, 5.41) is 8.12. The van der Waals surface area contributed by atoms with Gasteiger partial charge in [-0.05, 0) is 47.5 Å². The molecule has 1 heterocycles. The van der Waals surface area contributed by atoms with E-state index in [-0.39, 0.29) is 10.6 Å². The minimum Gasteiger partial charge on any atom is -0.366 e. The summed E-state index contributed by atoms with van der Waals surface area (Å²) in [5.41, 5.74) is 8.62. The Morgan fingerprint density at radius 3 is 2.21 bits per heavy atom. The maximum atomic E-state index is 13.0. The van der Waals surface area contributed by atoms with Crippen molar-refractivity contribution in [2.24, 2.45) is 10.9 Å². The number of hydrogen-bond acceptors (Lipinski definition) is 5. The van der Waals surface area contributed by atoms with E-state index in [1.165, 1.54) is 12.3 Å². The second kappa shape index (κ2) is 9.26. The zero-order valence-corrected chi connectivity index (χ0v) is 18.6. The molecule has 9 heteroatoms. The summed E-state index contributed by atoms with van der Waals surface area (Å²) in [7, 11) is -3.89. The second-order valence-electron chi connectivity index (χ2n) is 7.42. The number of aromatic nitrogens is 1. The van der Waals surface area contributed by atoms with Crippen molar-refractivity contribution in [3.63, 3.8) is 0 Å². The number of anilines is 1. The molecule has 0 atom stereocenters. The highest BCUT2D eigenvalue weighted by Crippen LogP contribution is 2.28. The quantitative estimate of drug-likeness (QED) is 0.394. The van der Waals surface area contributed by atoms with Crippen molar-refractivity contribution in [2.75, 3.05) is 5.32 Å². The molecule has 0 spiro atoms. The first kappa shape index (κ1) is 22.8. The van der Waals surface area contributed by atoms with E-state index in [1.54, 1.807) is 78.9 Å². The SMILES string of the molecule is NC(=O)c1cccc(-c2cccnc2C(=O)Nc2ccc(-c3ccccc3S(N)(=O)=O)cc2)c1. The van der Waals surface area contributed by atoms with E-state index in [2.05, 4.69) is 10.3 Å². The van der Waals surface area contributed by atoms with Crippen LogP contribution in [0.5, 0.6) is 0 Å². The van der Waals surface area contributed by atoms with Crippen LogP contribution < -0.4 is 16.2 Å². The lowest BCUT2D eigenvalue weighted by Gasteiger charge is -2.11. The Balaban J connectivity index is 1.61. The van der Waals surface area contributed by atoms with Gasteiger partial charge >= 0.3 is 0 Å². The fraction of sp³-hybridized carbons (Fsp3) is 0. The zero-order chi connectivity index (χ0) is 24.3. The normalized spacial score (nSPS) is 11.1. The van der Waals surface area contributed by atoms with Crippen molar-refractivity contribution in [3.8, 4) is 22.3 Å². The first-order valence-electron chi connectivity index (χ1n) is 10.1. The fourth-order valence-corrected chi connectivity index (χ4v) is 4.30. The van der Waals surface area contributed by atoms with E-state index in [0.29, 0.717) is 33.5 Å². The largest absolute Gasteiger partial charge is 0.366 e. The van der Waals surface area contributed by atoms with Gasteiger partial charge in [-0.25, -0.2) is 13.6 Å². The number of rotatable bonds is 6. The smallest absolute Gasteiger partial charge is 0.274 e. The molecule has 0 bridgehead atoms. The van der Waals surface area contributed by atoms with Gasteiger partial charge in [0.1, 0.15) is 5.69 Å². The number of nitrogens with zero attached hydrogens (tertiary/aromatic N) is 1. The summed E-state index contributed by atoms with van der Waals surface area (Å²) in [4.78, 5) is 28.8. The molecule has 170 valence electrons. The summed E-state index contributed by atoms with van der Waals surface area (Å²) in [5.74, 6) is -1.02. The van der Waals surface area contributed by atoms with Crippen LogP contribution in [0.2, 0.25) is 0 Å². The molecule has 0 aliphatic heterocycles. The molecular formula is C25H20N4O4S. The van der Waals surface area contributed by atoms with Crippen molar-refractivity contribution in [1.29, 1.82) is 0 Å². The van der Waals surface area contributed by atoms with E-state index >= 15 is 0 Å². The molecule has 34 heavy (non-hydrogen) atoms. The van der Waals surface area contributed by atoms with E-state index in [1.807, 2.05) is 0 Å². The maximum absolute atomic E-state index is 13.0. The molecule has 4 aromatic rings. The van der Waals surface area contributed by atoms with Crippen molar-refractivity contribution in [3.05, 3.63) is 102 Å². The number of carbonyl (C=O) groups is 2. The van der Waals surface area contributed by atoms with Gasteiger partial charge in [0, 0.05) is 28.6 Å².